The van der Waals surface area contributed by atoms with Crippen LogP contribution in [0, 0.1) is 10.1 Å². The number of anilines is 1. The second-order valence-electron chi connectivity index (χ2n) is 6.86. The number of nitro groups is 1. The lowest BCUT2D eigenvalue weighted by molar-refractivity contribution is -0.384. The Kier molecular flexibility index (Phi) is 6.60. The predicted octanol–water partition coefficient (Wildman–Crippen LogP) is 3.48. The monoisotopic (exact) mass is 383 g/mol. The van der Waals surface area contributed by atoms with Crippen LogP contribution in [0.3, 0.4) is 0 Å². The minimum absolute atomic E-state index is 0.0147. The molecule has 1 amide bonds. The third-order valence-corrected chi connectivity index (χ3v) is 4.93. The van der Waals surface area contributed by atoms with E-state index in [1.54, 1.807) is 24.1 Å². The van der Waals surface area contributed by atoms with Gasteiger partial charge in [-0.15, -0.1) is 0 Å². The molecule has 1 aliphatic heterocycles. The number of hydrogen-bond donors (Lipinski definition) is 0. The zero-order chi connectivity index (χ0) is 19.9. The van der Waals surface area contributed by atoms with E-state index in [2.05, 4.69) is 0 Å². The van der Waals surface area contributed by atoms with Gasteiger partial charge in [0.2, 0.25) is 0 Å². The first kappa shape index (κ1) is 19.8. The lowest BCUT2D eigenvalue weighted by atomic mass is 10.1. The Labute approximate surface area is 164 Å². The molecule has 0 spiro atoms. The molecule has 0 atom stereocenters. The number of amides is 1. The van der Waals surface area contributed by atoms with E-state index in [1.165, 1.54) is 6.07 Å². The summed E-state index contributed by atoms with van der Waals surface area (Å²) in [5.41, 5.74) is 1.89. The van der Waals surface area contributed by atoms with Crippen LogP contribution in [0.4, 0.5) is 11.4 Å². The maximum atomic E-state index is 13.1. The molecule has 148 valence electrons. The number of methoxy groups -OCH3 is 1. The molecule has 0 saturated carbocycles. The van der Waals surface area contributed by atoms with Gasteiger partial charge < -0.3 is 14.5 Å². The number of carbonyl (C=O) groups is 1. The third kappa shape index (κ3) is 4.67. The Balaban J connectivity index is 1.86. The van der Waals surface area contributed by atoms with Crippen LogP contribution >= 0.6 is 0 Å². The lowest BCUT2D eigenvalue weighted by Crippen LogP contribution is -2.33. The average Bonchev–Trinajstić information content (AvgIpc) is 3.25. The van der Waals surface area contributed by atoms with Gasteiger partial charge in [-0.25, -0.2) is 0 Å². The Morgan fingerprint density at radius 2 is 1.89 bits per heavy atom. The molecular weight excluding hydrogens is 358 g/mol. The van der Waals surface area contributed by atoms with Gasteiger partial charge in [0, 0.05) is 44.9 Å². The molecule has 0 aliphatic carbocycles. The SMILES string of the molecule is COCCN(Cc1ccccc1)C(=O)c1ccc(N2CCCC2)c([N+](=O)[O-])c1. The van der Waals surface area contributed by atoms with E-state index in [-0.39, 0.29) is 11.6 Å². The summed E-state index contributed by atoms with van der Waals surface area (Å²) < 4.78 is 5.14. The minimum atomic E-state index is -0.402. The van der Waals surface area contributed by atoms with Crippen molar-refractivity contribution in [2.45, 2.75) is 19.4 Å². The van der Waals surface area contributed by atoms with Crippen LogP contribution in [0.2, 0.25) is 0 Å². The summed E-state index contributed by atoms with van der Waals surface area (Å²) in [6, 6.07) is 14.5. The summed E-state index contributed by atoms with van der Waals surface area (Å²) in [4.78, 5) is 28.0. The van der Waals surface area contributed by atoms with E-state index < -0.39 is 4.92 Å². The van der Waals surface area contributed by atoms with Gasteiger partial charge >= 0.3 is 0 Å². The van der Waals surface area contributed by atoms with E-state index in [4.69, 9.17) is 4.74 Å². The third-order valence-electron chi connectivity index (χ3n) is 4.93. The van der Waals surface area contributed by atoms with Gasteiger partial charge in [-0.05, 0) is 30.5 Å². The van der Waals surface area contributed by atoms with Crippen LogP contribution in [-0.2, 0) is 11.3 Å². The molecule has 0 aromatic heterocycles. The van der Waals surface area contributed by atoms with E-state index in [0.717, 1.165) is 31.5 Å². The first-order valence-corrected chi connectivity index (χ1v) is 9.45. The van der Waals surface area contributed by atoms with Crippen LogP contribution in [0.25, 0.3) is 0 Å². The topological polar surface area (TPSA) is 75.9 Å². The van der Waals surface area contributed by atoms with Crippen molar-refractivity contribution >= 4 is 17.3 Å². The maximum absolute atomic E-state index is 13.1. The van der Waals surface area contributed by atoms with Crippen molar-refractivity contribution in [2.75, 3.05) is 38.3 Å². The van der Waals surface area contributed by atoms with Crippen molar-refractivity contribution < 1.29 is 14.5 Å². The number of benzene rings is 2. The second-order valence-corrected chi connectivity index (χ2v) is 6.86. The number of nitro benzene ring substituents is 1. The minimum Gasteiger partial charge on any atom is -0.383 e. The predicted molar refractivity (Wildman–Crippen MR) is 108 cm³/mol. The molecule has 3 rings (SSSR count). The van der Waals surface area contributed by atoms with Crippen molar-refractivity contribution in [1.82, 2.24) is 4.90 Å². The molecular formula is C21H25N3O4. The lowest BCUT2D eigenvalue weighted by Gasteiger charge is -2.23. The molecule has 7 heteroatoms. The number of carbonyl (C=O) groups excluding carboxylic acids is 1. The second kappa shape index (κ2) is 9.32. The van der Waals surface area contributed by atoms with Crippen LogP contribution in [0.15, 0.2) is 48.5 Å². The fourth-order valence-electron chi connectivity index (χ4n) is 3.47. The van der Waals surface area contributed by atoms with Crippen LogP contribution in [0.5, 0.6) is 0 Å². The summed E-state index contributed by atoms with van der Waals surface area (Å²) in [5.74, 6) is -0.239. The molecule has 0 unspecified atom stereocenters. The Morgan fingerprint density at radius 3 is 2.54 bits per heavy atom. The molecule has 0 bridgehead atoms. The number of ether oxygens (including phenoxy) is 1. The van der Waals surface area contributed by atoms with E-state index >= 15 is 0 Å². The van der Waals surface area contributed by atoms with Gasteiger partial charge in [0.1, 0.15) is 5.69 Å². The quantitative estimate of drug-likeness (QED) is 0.515. The fourth-order valence-corrected chi connectivity index (χ4v) is 3.47. The molecule has 0 radical (unpaired) electrons. The fraction of sp³-hybridized carbons (Fsp3) is 0.381. The first-order valence-electron chi connectivity index (χ1n) is 9.45. The molecule has 1 saturated heterocycles. The molecule has 2 aromatic carbocycles. The molecule has 0 N–H and O–H groups in total. The van der Waals surface area contributed by atoms with Crippen molar-refractivity contribution in [3.8, 4) is 0 Å². The summed E-state index contributed by atoms with van der Waals surface area (Å²) in [5, 5.41) is 11.6. The van der Waals surface area contributed by atoms with E-state index in [1.807, 2.05) is 35.2 Å². The Bertz CT molecular complexity index is 820. The van der Waals surface area contributed by atoms with Crippen molar-refractivity contribution in [3.05, 3.63) is 69.8 Å². The standard InChI is InChI=1S/C21H25N3O4/c1-28-14-13-23(16-17-7-3-2-4-8-17)21(25)18-9-10-19(20(15-18)24(26)27)22-11-5-6-12-22/h2-4,7-10,15H,5-6,11-14,16H2,1H3. The molecule has 1 fully saturated rings. The van der Waals surface area contributed by atoms with E-state index in [0.29, 0.717) is 30.9 Å². The van der Waals surface area contributed by atoms with Gasteiger partial charge in [-0.3, -0.25) is 14.9 Å². The zero-order valence-corrected chi connectivity index (χ0v) is 16.0. The molecule has 1 aliphatic rings. The van der Waals surface area contributed by atoms with Crippen LogP contribution in [0.1, 0.15) is 28.8 Å². The highest BCUT2D eigenvalue weighted by molar-refractivity contribution is 5.95. The Hall–Kier alpha value is -2.93. The Morgan fingerprint density at radius 1 is 1.18 bits per heavy atom. The van der Waals surface area contributed by atoms with Crippen LogP contribution in [-0.4, -0.2) is 49.1 Å². The van der Waals surface area contributed by atoms with Gasteiger partial charge in [0.15, 0.2) is 0 Å². The number of nitrogens with zero attached hydrogens (tertiary/aromatic N) is 3. The largest absolute Gasteiger partial charge is 0.383 e. The maximum Gasteiger partial charge on any atom is 0.293 e. The molecule has 2 aromatic rings. The summed E-state index contributed by atoms with van der Waals surface area (Å²) in [6.07, 6.45) is 2.05. The molecule has 1 heterocycles. The summed E-state index contributed by atoms with van der Waals surface area (Å²) in [6.45, 7) is 2.84. The highest BCUT2D eigenvalue weighted by Crippen LogP contribution is 2.32. The number of hydrogen-bond acceptors (Lipinski definition) is 5. The van der Waals surface area contributed by atoms with Gasteiger partial charge in [0.25, 0.3) is 11.6 Å². The van der Waals surface area contributed by atoms with Gasteiger partial charge in [-0.2, -0.15) is 0 Å². The number of rotatable bonds is 8. The van der Waals surface area contributed by atoms with E-state index in [9.17, 15) is 14.9 Å². The smallest absolute Gasteiger partial charge is 0.293 e. The summed E-state index contributed by atoms with van der Waals surface area (Å²) in [7, 11) is 1.58. The molecule has 7 nitrogen and oxygen atoms in total. The van der Waals surface area contributed by atoms with Gasteiger partial charge in [-0.1, -0.05) is 30.3 Å². The van der Waals surface area contributed by atoms with Crippen molar-refractivity contribution in [2.24, 2.45) is 0 Å². The highest BCUT2D eigenvalue weighted by atomic mass is 16.6. The molecule has 28 heavy (non-hydrogen) atoms. The summed E-state index contributed by atoms with van der Waals surface area (Å²) >= 11 is 0. The van der Waals surface area contributed by atoms with Crippen molar-refractivity contribution in [1.29, 1.82) is 0 Å². The highest BCUT2D eigenvalue weighted by Gasteiger charge is 2.25. The zero-order valence-electron chi connectivity index (χ0n) is 16.0. The van der Waals surface area contributed by atoms with Crippen LogP contribution < -0.4 is 4.90 Å². The van der Waals surface area contributed by atoms with Crippen molar-refractivity contribution in [3.63, 3.8) is 0 Å². The normalized spacial score (nSPS) is 13.5. The average molecular weight is 383 g/mol. The van der Waals surface area contributed by atoms with Gasteiger partial charge in [0.05, 0.1) is 11.5 Å². The first-order chi connectivity index (χ1) is 13.6.